The second-order valence-corrected chi connectivity index (χ2v) is 7.48. The summed E-state index contributed by atoms with van der Waals surface area (Å²) in [5.41, 5.74) is 2.61. The number of hydrogen-bond donors (Lipinski definition) is 1. The van der Waals surface area contributed by atoms with Crippen molar-refractivity contribution in [3.8, 4) is 0 Å². The molecule has 0 aliphatic carbocycles. The summed E-state index contributed by atoms with van der Waals surface area (Å²) in [6.45, 7) is 3.93. The van der Waals surface area contributed by atoms with Gasteiger partial charge in [0.1, 0.15) is 5.82 Å². The van der Waals surface area contributed by atoms with Crippen molar-refractivity contribution in [1.82, 2.24) is 10.2 Å². The lowest BCUT2D eigenvalue weighted by molar-refractivity contribution is -0.124. The third-order valence-electron chi connectivity index (χ3n) is 5.36. The van der Waals surface area contributed by atoms with Gasteiger partial charge < -0.3 is 15.0 Å². The number of nitrogens with zero attached hydrogens (tertiary/aromatic N) is 1. The average molecular weight is 398 g/mol. The molecule has 0 unspecified atom stereocenters. The van der Waals surface area contributed by atoms with Gasteiger partial charge >= 0.3 is 0 Å². The Hall–Kier alpha value is -2.73. The van der Waals surface area contributed by atoms with Crippen molar-refractivity contribution in [2.24, 2.45) is 5.92 Å². The lowest BCUT2D eigenvalue weighted by atomic mass is 9.88. The minimum absolute atomic E-state index is 0.0546. The normalized spacial score (nSPS) is 18.7. The Kier molecular flexibility index (Phi) is 6.99. The number of ether oxygens (including phenoxy) is 1. The van der Waals surface area contributed by atoms with Crippen LogP contribution in [0.15, 0.2) is 48.5 Å². The minimum Gasteiger partial charge on any atom is -0.385 e. The molecule has 2 aromatic rings. The van der Waals surface area contributed by atoms with Crippen LogP contribution in [0.2, 0.25) is 0 Å². The first kappa shape index (κ1) is 21.0. The van der Waals surface area contributed by atoms with Gasteiger partial charge in [0.05, 0.1) is 5.92 Å². The number of likely N-dealkylation sites (tertiary alicyclic amines) is 1. The first-order valence-corrected chi connectivity index (χ1v) is 9.87. The van der Waals surface area contributed by atoms with Gasteiger partial charge in [0, 0.05) is 44.8 Å². The molecule has 1 heterocycles. The predicted octanol–water partition coefficient (Wildman–Crippen LogP) is 3.14. The summed E-state index contributed by atoms with van der Waals surface area (Å²) in [4.78, 5) is 27.5. The van der Waals surface area contributed by atoms with Gasteiger partial charge in [0.25, 0.3) is 5.91 Å². The molecule has 154 valence electrons. The molecule has 6 heteroatoms. The van der Waals surface area contributed by atoms with E-state index in [0.29, 0.717) is 31.8 Å². The molecule has 0 bridgehead atoms. The van der Waals surface area contributed by atoms with Gasteiger partial charge in [-0.15, -0.1) is 0 Å². The number of aryl methyl sites for hydroxylation is 1. The van der Waals surface area contributed by atoms with E-state index in [1.165, 1.54) is 24.3 Å². The molecule has 1 N–H and O–H groups in total. The van der Waals surface area contributed by atoms with Crippen LogP contribution in [0.5, 0.6) is 0 Å². The van der Waals surface area contributed by atoms with Crippen LogP contribution in [0.1, 0.15) is 33.8 Å². The number of methoxy groups -OCH3 is 1. The highest BCUT2D eigenvalue weighted by atomic mass is 19.1. The topological polar surface area (TPSA) is 58.6 Å². The quantitative estimate of drug-likeness (QED) is 0.729. The second kappa shape index (κ2) is 9.65. The van der Waals surface area contributed by atoms with Gasteiger partial charge in [-0.3, -0.25) is 9.59 Å². The number of hydrogen-bond acceptors (Lipinski definition) is 3. The van der Waals surface area contributed by atoms with E-state index in [0.717, 1.165) is 17.5 Å². The molecule has 1 aliphatic heterocycles. The first-order chi connectivity index (χ1) is 14.0. The van der Waals surface area contributed by atoms with Crippen LogP contribution in [0.3, 0.4) is 0 Å². The second-order valence-electron chi connectivity index (χ2n) is 7.48. The van der Waals surface area contributed by atoms with Gasteiger partial charge in [-0.2, -0.15) is 0 Å². The number of amides is 2. The molecular formula is C23H27FN2O3. The number of carbonyl (C=O) groups excluding carboxylic acids is 2. The lowest BCUT2D eigenvalue weighted by Gasteiger charge is -2.18. The summed E-state index contributed by atoms with van der Waals surface area (Å²) < 4.78 is 18.2. The summed E-state index contributed by atoms with van der Waals surface area (Å²) in [7, 11) is 1.63. The largest absolute Gasteiger partial charge is 0.385 e. The van der Waals surface area contributed by atoms with Crippen molar-refractivity contribution >= 4 is 11.8 Å². The molecule has 0 radical (unpaired) electrons. The van der Waals surface area contributed by atoms with Crippen LogP contribution in [-0.2, 0) is 9.53 Å². The summed E-state index contributed by atoms with van der Waals surface area (Å²) in [5.74, 6) is -1.03. The number of rotatable bonds is 7. The zero-order valence-electron chi connectivity index (χ0n) is 16.9. The van der Waals surface area contributed by atoms with Gasteiger partial charge in [-0.05, 0) is 43.2 Å². The Balaban J connectivity index is 1.77. The third kappa shape index (κ3) is 5.21. The summed E-state index contributed by atoms with van der Waals surface area (Å²) >= 11 is 0. The third-order valence-corrected chi connectivity index (χ3v) is 5.36. The smallest absolute Gasteiger partial charge is 0.253 e. The Morgan fingerprint density at radius 3 is 2.45 bits per heavy atom. The maximum Gasteiger partial charge on any atom is 0.253 e. The molecule has 3 rings (SSSR count). The molecule has 1 fully saturated rings. The highest BCUT2D eigenvalue weighted by Gasteiger charge is 2.40. The van der Waals surface area contributed by atoms with Crippen LogP contribution < -0.4 is 5.32 Å². The lowest BCUT2D eigenvalue weighted by Crippen LogP contribution is -2.36. The highest BCUT2D eigenvalue weighted by molar-refractivity contribution is 5.95. The Labute approximate surface area is 170 Å². The van der Waals surface area contributed by atoms with E-state index < -0.39 is 0 Å². The molecule has 1 saturated heterocycles. The van der Waals surface area contributed by atoms with E-state index in [2.05, 4.69) is 5.32 Å². The molecule has 2 atom stereocenters. The van der Waals surface area contributed by atoms with Crippen molar-refractivity contribution < 1.29 is 18.7 Å². The molecule has 1 aliphatic rings. The molecule has 29 heavy (non-hydrogen) atoms. The predicted molar refractivity (Wildman–Crippen MR) is 109 cm³/mol. The van der Waals surface area contributed by atoms with Crippen molar-refractivity contribution in [3.63, 3.8) is 0 Å². The number of nitrogens with one attached hydrogen (secondary N) is 1. The van der Waals surface area contributed by atoms with Crippen molar-refractivity contribution in [2.45, 2.75) is 19.3 Å². The SMILES string of the molecule is COCCCNC(=O)[C@@H]1CN(C(=O)c2ccc(F)cc2)C[C@@H]1c1ccc(C)cc1. The Morgan fingerprint density at radius 1 is 1.10 bits per heavy atom. The zero-order valence-corrected chi connectivity index (χ0v) is 16.9. The highest BCUT2D eigenvalue weighted by Crippen LogP contribution is 2.34. The zero-order chi connectivity index (χ0) is 20.8. The van der Waals surface area contributed by atoms with Crippen LogP contribution in [-0.4, -0.2) is 50.1 Å². The Morgan fingerprint density at radius 2 is 1.79 bits per heavy atom. The first-order valence-electron chi connectivity index (χ1n) is 9.87. The average Bonchev–Trinajstić information content (AvgIpc) is 3.17. The maximum absolute atomic E-state index is 13.2. The molecule has 0 spiro atoms. The van der Waals surface area contributed by atoms with E-state index in [-0.39, 0.29) is 29.5 Å². The van der Waals surface area contributed by atoms with E-state index in [9.17, 15) is 14.0 Å². The van der Waals surface area contributed by atoms with Crippen molar-refractivity contribution in [3.05, 3.63) is 71.0 Å². The van der Waals surface area contributed by atoms with Gasteiger partial charge in [0.2, 0.25) is 5.91 Å². The van der Waals surface area contributed by atoms with E-state index in [1.54, 1.807) is 12.0 Å². The summed E-state index contributed by atoms with van der Waals surface area (Å²) in [6, 6.07) is 13.6. The van der Waals surface area contributed by atoms with Gasteiger partial charge in [-0.1, -0.05) is 29.8 Å². The fourth-order valence-electron chi connectivity index (χ4n) is 3.72. The van der Waals surface area contributed by atoms with Crippen molar-refractivity contribution in [1.29, 1.82) is 0 Å². The molecule has 2 aromatic carbocycles. The standard InChI is InChI=1S/C23H27FN2O3/c1-16-4-6-17(7-5-16)20-14-26(23(28)18-8-10-19(24)11-9-18)15-21(20)22(27)25-12-3-13-29-2/h4-11,20-21H,3,12-15H2,1-2H3,(H,25,27)/t20-,21-/m1/s1. The fourth-order valence-corrected chi connectivity index (χ4v) is 3.72. The van der Waals surface area contributed by atoms with Crippen molar-refractivity contribution in [2.75, 3.05) is 33.4 Å². The number of carbonyl (C=O) groups is 2. The van der Waals surface area contributed by atoms with E-state index in [1.807, 2.05) is 31.2 Å². The van der Waals surface area contributed by atoms with Crippen LogP contribution in [0.4, 0.5) is 4.39 Å². The van der Waals surface area contributed by atoms with E-state index in [4.69, 9.17) is 4.74 Å². The summed E-state index contributed by atoms with van der Waals surface area (Å²) in [6.07, 6.45) is 0.738. The fraction of sp³-hybridized carbons (Fsp3) is 0.391. The molecular weight excluding hydrogens is 371 g/mol. The molecule has 0 aromatic heterocycles. The molecule has 2 amide bonds. The van der Waals surface area contributed by atoms with Crippen LogP contribution in [0, 0.1) is 18.7 Å². The minimum atomic E-state index is -0.381. The van der Waals surface area contributed by atoms with E-state index >= 15 is 0 Å². The number of benzene rings is 2. The van der Waals surface area contributed by atoms with Crippen LogP contribution in [0.25, 0.3) is 0 Å². The van der Waals surface area contributed by atoms with Gasteiger partial charge in [-0.25, -0.2) is 4.39 Å². The maximum atomic E-state index is 13.2. The van der Waals surface area contributed by atoms with Crippen LogP contribution >= 0.6 is 0 Å². The van der Waals surface area contributed by atoms with Gasteiger partial charge in [0.15, 0.2) is 0 Å². The number of halogens is 1. The molecule has 5 nitrogen and oxygen atoms in total. The Bertz CT molecular complexity index is 836. The summed E-state index contributed by atoms with van der Waals surface area (Å²) in [5, 5.41) is 2.97. The molecule has 0 saturated carbocycles. The monoisotopic (exact) mass is 398 g/mol.